The van der Waals surface area contributed by atoms with Crippen LogP contribution in [0.2, 0.25) is 0 Å². The maximum Gasteiger partial charge on any atom is 0.320 e. The highest BCUT2D eigenvalue weighted by Gasteiger charge is 2.51. The van der Waals surface area contributed by atoms with E-state index < -0.39 is 35.6 Å². The maximum atomic E-state index is 12.9. The molecule has 8 nitrogen and oxygen atoms in total. The van der Waals surface area contributed by atoms with E-state index in [1.807, 2.05) is 36.4 Å². The third-order valence-corrected chi connectivity index (χ3v) is 7.08. The Morgan fingerprint density at radius 3 is 1.38 bits per heavy atom. The second-order valence-electron chi connectivity index (χ2n) is 8.83. The largest absolute Gasteiger partial charge is 0.426 e. The van der Waals surface area contributed by atoms with Crippen LogP contribution in [0.4, 0.5) is 11.4 Å². The highest BCUT2D eigenvalue weighted by atomic mass is 16.5. The Bertz CT molecular complexity index is 1370. The summed E-state index contributed by atoms with van der Waals surface area (Å²) in [5, 5.41) is 5.63. The molecule has 166 valence electrons. The van der Waals surface area contributed by atoms with E-state index >= 15 is 0 Å². The van der Waals surface area contributed by atoms with Gasteiger partial charge in [0.1, 0.15) is 23.3 Å². The number of esters is 2. The molecule has 0 saturated heterocycles. The van der Waals surface area contributed by atoms with Crippen LogP contribution in [0, 0.1) is 0 Å². The molecule has 4 atom stereocenters. The van der Waals surface area contributed by atoms with Crippen LogP contribution in [0.3, 0.4) is 0 Å². The molecule has 8 heteroatoms. The van der Waals surface area contributed by atoms with E-state index in [9.17, 15) is 19.2 Å². The maximum absolute atomic E-state index is 12.9. The van der Waals surface area contributed by atoms with Crippen molar-refractivity contribution in [3.05, 3.63) is 82.9 Å². The third kappa shape index (κ3) is 2.42. The first-order chi connectivity index (χ1) is 16.5. The first-order valence-electron chi connectivity index (χ1n) is 10.9. The number of carbonyl (C=O) groups excluding carboxylic acids is 4. The SMILES string of the molecule is O=C1Nc2ccccc2C1C1C(=O)Oc2cc3c(cc21)OC(=O)C3C1C(=O)Nc2ccccc21. The predicted molar refractivity (Wildman–Crippen MR) is 119 cm³/mol. The van der Waals surface area contributed by atoms with Crippen molar-refractivity contribution < 1.29 is 28.7 Å². The molecule has 2 N–H and O–H groups in total. The van der Waals surface area contributed by atoms with Gasteiger partial charge in [-0.2, -0.15) is 0 Å². The van der Waals surface area contributed by atoms with Gasteiger partial charge >= 0.3 is 11.9 Å². The number of carbonyl (C=O) groups is 4. The zero-order valence-electron chi connectivity index (χ0n) is 17.5. The van der Waals surface area contributed by atoms with E-state index in [4.69, 9.17) is 9.47 Å². The topological polar surface area (TPSA) is 111 Å². The van der Waals surface area contributed by atoms with Gasteiger partial charge in [0.2, 0.25) is 11.8 Å². The number of hydrogen-bond donors (Lipinski definition) is 2. The molecule has 0 spiro atoms. The summed E-state index contributed by atoms with van der Waals surface area (Å²) in [6.07, 6.45) is 0. The Hall–Kier alpha value is -4.46. The van der Waals surface area contributed by atoms with Crippen LogP contribution in [-0.4, -0.2) is 23.8 Å². The Kier molecular flexibility index (Phi) is 3.66. The molecule has 0 fully saturated rings. The van der Waals surface area contributed by atoms with E-state index in [2.05, 4.69) is 10.6 Å². The summed E-state index contributed by atoms with van der Waals surface area (Å²) < 4.78 is 11.2. The van der Waals surface area contributed by atoms with E-state index in [1.165, 1.54) is 0 Å². The van der Waals surface area contributed by atoms with Crippen molar-refractivity contribution in [1.82, 2.24) is 0 Å². The Balaban J connectivity index is 1.32. The van der Waals surface area contributed by atoms with Crippen LogP contribution >= 0.6 is 0 Å². The summed E-state index contributed by atoms with van der Waals surface area (Å²) in [6.45, 7) is 0. The average Bonchev–Trinajstić information content (AvgIpc) is 3.51. The second kappa shape index (κ2) is 6.54. The first kappa shape index (κ1) is 19.0. The van der Waals surface area contributed by atoms with Crippen molar-refractivity contribution >= 4 is 35.1 Å². The van der Waals surface area contributed by atoms with E-state index in [1.54, 1.807) is 24.3 Å². The lowest BCUT2D eigenvalue weighted by Crippen LogP contribution is -2.24. The number of amides is 2. The van der Waals surface area contributed by atoms with Crippen molar-refractivity contribution in [3.8, 4) is 11.5 Å². The number of benzene rings is 3. The van der Waals surface area contributed by atoms with Crippen LogP contribution in [0.15, 0.2) is 60.7 Å². The van der Waals surface area contributed by atoms with E-state index in [0.717, 1.165) is 11.1 Å². The minimum atomic E-state index is -0.864. The molecular formula is C26H16N2O6. The van der Waals surface area contributed by atoms with Gasteiger partial charge in [-0.15, -0.1) is 0 Å². The summed E-state index contributed by atoms with van der Waals surface area (Å²) in [5.74, 6) is -4.32. The zero-order chi connectivity index (χ0) is 23.1. The van der Waals surface area contributed by atoms with Gasteiger partial charge in [-0.3, -0.25) is 19.2 Å². The van der Waals surface area contributed by atoms with Crippen molar-refractivity contribution in [3.63, 3.8) is 0 Å². The number of para-hydroxylation sites is 2. The molecule has 34 heavy (non-hydrogen) atoms. The monoisotopic (exact) mass is 452 g/mol. The number of rotatable bonds is 2. The van der Waals surface area contributed by atoms with E-state index in [-0.39, 0.29) is 23.3 Å². The fraction of sp³-hybridized carbons (Fsp3) is 0.154. The fourth-order valence-corrected chi connectivity index (χ4v) is 5.61. The highest BCUT2D eigenvalue weighted by molar-refractivity contribution is 6.09. The highest BCUT2D eigenvalue weighted by Crippen LogP contribution is 2.54. The Morgan fingerprint density at radius 1 is 0.529 bits per heavy atom. The summed E-state index contributed by atoms with van der Waals surface area (Å²) >= 11 is 0. The number of anilines is 2. The van der Waals surface area contributed by atoms with Crippen LogP contribution in [0.5, 0.6) is 11.5 Å². The average molecular weight is 452 g/mol. The number of fused-ring (bicyclic) bond motifs is 4. The molecule has 0 aromatic heterocycles. The standard InChI is InChI=1S/C26H16N2O6/c29-23-19(11-5-1-3-7-15(11)27-23)21-13-9-18-14(10-17(13)33-25(21)31)22(26(32)34-18)20-12-6-2-4-8-16(12)28-24(20)30/h1-10,19-22H,(H,27,29)(H,28,30). The van der Waals surface area contributed by atoms with Gasteiger partial charge in [0.05, 0.1) is 11.8 Å². The minimum Gasteiger partial charge on any atom is -0.426 e. The fourth-order valence-electron chi connectivity index (χ4n) is 5.61. The summed E-state index contributed by atoms with van der Waals surface area (Å²) in [5.41, 5.74) is 3.75. The van der Waals surface area contributed by atoms with Gasteiger partial charge < -0.3 is 20.1 Å². The van der Waals surface area contributed by atoms with Crippen LogP contribution in [0.1, 0.15) is 45.9 Å². The molecule has 3 aromatic carbocycles. The molecule has 0 bridgehead atoms. The number of hydrogen-bond acceptors (Lipinski definition) is 6. The van der Waals surface area contributed by atoms with Gasteiger partial charge in [0, 0.05) is 22.5 Å². The van der Waals surface area contributed by atoms with Gasteiger partial charge in [0.25, 0.3) is 0 Å². The molecular weight excluding hydrogens is 436 g/mol. The van der Waals surface area contributed by atoms with Crippen molar-refractivity contribution in [2.24, 2.45) is 0 Å². The normalized spacial score (nSPS) is 25.6. The lowest BCUT2D eigenvalue weighted by atomic mass is 9.80. The Morgan fingerprint density at radius 2 is 0.941 bits per heavy atom. The van der Waals surface area contributed by atoms with Crippen LogP contribution in [-0.2, 0) is 19.2 Å². The third-order valence-electron chi connectivity index (χ3n) is 7.08. The summed E-state index contributed by atoms with van der Waals surface area (Å²) in [7, 11) is 0. The smallest absolute Gasteiger partial charge is 0.320 e. The second-order valence-corrected chi connectivity index (χ2v) is 8.83. The molecule has 0 radical (unpaired) electrons. The minimum absolute atomic E-state index is 0.279. The van der Waals surface area contributed by atoms with Crippen molar-refractivity contribution in [2.45, 2.75) is 23.7 Å². The molecule has 0 aliphatic carbocycles. The molecule has 3 aromatic rings. The van der Waals surface area contributed by atoms with Gasteiger partial charge in [-0.25, -0.2) is 0 Å². The van der Waals surface area contributed by atoms with Gasteiger partial charge in [0.15, 0.2) is 0 Å². The van der Waals surface area contributed by atoms with E-state index in [0.29, 0.717) is 22.5 Å². The molecule has 4 aliphatic heterocycles. The van der Waals surface area contributed by atoms with Gasteiger partial charge in [-0.05, 0) is 35.4 Å². The van der Waals surface area contributed by atoms with Crippen LogP contribution < -0.4 is 20.1 Å². The van der Waals surface area contributed by atoms with Gasteiger partial charge in [-0.1, -0.05) is 36.4 Å². The molecule has 4 unspecified atom stereocenters. The Labute approximate surface area is 192 Å². The summed E-state index contributed by atoms with van der Waals surface area (Å²) in [4.78, 5) is 51.5. The molecule has 2 amide bonds. The first-order valence-corrected chi connectivity index (χ1v) is 10.9. The van der Waals surface area contributed by atoms with Crippen molar-refractivity contribution in [1.29, 1.82) is 0 Å². The van der Waals surface area contributed by atoms with Crippen molar-refractivity contribution in [2.75, 3.05) is 10.6 Å². The van der Waals surface area contributed by atoms with Crippen LogP contribution in [0.25, 0.3) is 0 Å². The molecule has 0 saturated carbocycles. The zero-order valence-corrected chi connectivity index (χ0v) is 17.5. The molecule has 4 aliphatic rings. The summed E-state index contributed by atoms with van der Waals surface area (Å²) in [6, 6.07) is 17.6. The quantitative estimate of drug-likeness (QED) is 0.457. The lowest BCUT2D eigenvalue weighted by molar-refractivity contribution is -0.136. The number of nitrogens with one attached hydrogen (secondary N) is 2. The predicted octanol–water partition coefficient (Wildman–Crippen LogP) is 3.16. The number of ether oxygens (including phenoxy) is 2. The molecule has 4 heterocycles. The lowest BCUT2D eigenvalue weighted by Gasteiger charge is -2.16. The molecule has 7 rings (SSSR count).